The third-order valence-corrected chi connectivity index (χ3v) is 3.52. The van der Waals surface area contributed by atoms with Gasteiger partial charge in [-0.3, -0.25) is 9.59 Å². The molecule has 0 aliphatic rings. The quantitative estimate of drug-likeness (QED) is 0.591. The van der Waals surface area contributed by atoms with Gasteiger partial charge < -0.3 is 10.1 Å². The average Bonchev–Trinajstić information content (AvgIpc) is 2.62. The van der Waals surface area contributed by atoms with Crippen LogP contribution < -0.4 is 15.5 Å². The Morgan fingerprint density at radius 3 is 2.31 bits per heavy atom. The van der Waals surface area contributed by atoms with E-state index in [4.69, 9.17) is 4.74 Å². The van der Waals surface area contributed by atoms with E-state index < -0.39 is 0 Å². The SMILES string of the molecule is COc1ccc(/C=N/NC(=O)c2ccc(NC(=O)CC(C)C)cc2)cc1. The first-order valence-electron chi connectivity index (χ1n) is 8.35. The smallest absolute Gasteiger partial charge is 0.271 e. The minimum atomic E-state index is -0.324. The summed E-state index contributed by atoms with van der Waals surface area (Å²) in [5.74, 6) is 0.687. The van der Waals surface area contributed by atoms with Crippen LogP contribution in [0.2, 0.25) is 0 Å². The molecule has 26 heavy (non-hydrogen) atoms. The van der Waals surface area contributed by atoms with E-state index in [0.717, 1.165) is 11.3 Å². The number of ether oxygens (including phenoxy) is 1. The molecule has 0 unspecified atom stereocenters. The summed E-state index contributed by atoms with van der Waals surface area (Å²) in [6, 6.07) is 14.0. The maximum absolute atomic E-state index is 12.1. The van der Waals surface area contributed by atoms with E-state index in [1.54, 1.807) is 37.6 Å². The highest BCUT2D eigenvalue weighted by Gasteiger charge is 2.07. The van der Waals surface area contributed by atoms with Gasteiger partial charge in [0.2, 0.25) is 5.91 Å². The van der Waals surface area contributed by atoms with Crippen LogP contribution in [-0.2, 0) is 4.79 Å². The Bertz CT molecular complexity index is 766. The lowest BCUT2D eigenvalue weighted by atomic mass is 10.1. The summed E-state index contributed by atoms with van der Waals surface area (Å²) in [5.41, 5.74) is 4.43. The molecule has 0 aromatic heterocycles. The number of carbonyl (C=O) groups is 2. The van der Waals surface area contributed by atoms with Crippen LogP contribution >= 0.6 is 0 Å². The second-order valence-corrected chi connectivity index (χ2v) is 6.20. The molecule has 0 saturated carbocycles. The van der Waals surface area contributed by atoms with Gasteiger partial charge in [-0.15, -0.1) is 0 Å². The number of nitrogens with one attached hydrogen (secondary N) is 2. The summed E-state index contributed by atoms with van der Waals surface area (Å²) in [6.45, 7) is 3.97. The molecule has 0 aliphatic heterocycles. The third kappa shape index (κ3) is 6.05. The first-order valence-corrected chi connectivity index (χ1v) is 8.35. The minimum absolute atomic E-state index is 0.0405. The van der Waals surface area contributed by atoms with Crippen molar-refractivity contribution in [2.24, 2.45) is 11.0 Å². The van der Waals surface area contributed by atoms with E-state index in [1.807, 2.05) is 38.1 Å². The first kappa shape index (κ1) is 19.2. The number of nitrogens with zero attached hydrogens (tertiary/aromatic N) is 1. The van der Waals surface area contributed by atoms with Crippen LogP contribution in [-0.4, -0.2) is 25.1 Å². The summed E-state index contributed by atoms with van der Waals surface area (Å²) in [5, 5.41) is 6.74. The van der Waals surface area contributed by atoms with Crippen LogP contribution in [0.4, 0.5) is 5.69 Å². The molecule has 0 heterocycles. The molecule has 2 rings (SSSR count). The zero-order valence-corrected chi connectivity index (χ0v) is 15.2. The number of methoxy groups -OCH3 is 1. The molecule has 0 bridgehead atoms. The van der Waals surface area contributed by atoms with Crippen LogP contribution in [0.1, 0.15) is 36.2 Å². The van der Waals surface area contributed by atoms with E-state index in [1.165, 1.54) is 0 Å². The number of amides is 2. The maximum Gasteiger partial charge on any atom is 0.271 e. The van der Waals surface area contributed by atoms with Crippen LogP contribution in [0.3, 0.4) is 0 Å². The summed E-state index contributed by atoms with van der Waals surface area (Å²) >= 11 is 0. The van der Waals surface area contributed by atoms with Crippen molar-refractivity contribution in [1.29, 1.82) is 0 Å². The lowest BCUT2D eigenvalue weighted by molar-refractivity contribution is -0.116. The fourth-order valence-corrected chi connectivity index (χ4v) is 2.21. The van der Waals surface area contributed by atoms with Gasteiger partial charge in [-0.2, -0.15) is 5.10 Å². The number of hydrogen-bond donors (Lipinski definition) is 2. The Labute approximate surface area is 153 Å². The van der Waals surface area contributed by atoms with Gasteiger partial charge in [0.1, 0.15) is 5.75 Å². The summed E-state index contributed by atoms with van der Waals surface area (Å²) in [4.78, 5) is 23.8. The Morgan fingerprint density at radius 2 is 1.73 bits per heavy atom. The van der Waals surface area contributed by atoms with Crippen molar-refractivity contribution in [1.82, 2.24) is 5.43 Å². The van der Waals surface area contributed by atoms with Crippen LogP contribution in [0.25, 0.3) is 0 Å². The highest BCUT2D eigenvalue weighted by atomic mass is 16.5. The molecule has 2 N–H and O–H groups in total. The van der Waals surface area contributed by atoms with E-state index in [2.05, 4.69) is 15.8 Å². The molecule has 0 radical (unpaired) electrons. The van der Waals surface area contributed by atoms with Crippen molar-refractivity contribution >= 4 is 23.7 Å². The van der Waals surface area contributed by atoms with Crippen LogP contribution in [0.5, 0.6) is 5.75 Å². The molecule has 0 atom stereocenters. The lowest BCUT2D eigenvalue weighted by Gasteiger charge is -2.07. The second-order valence-electron chi connectivity index (χ2n) is 6.20. The van der Waals surface area contributed by atoms with Gasteiger partial charge >= 0.3 is 0 Å². The molecular formula is C20H23N3O3. The van der Waals surface area contributed by atoms with Crippen LogP contribution in [0.15, 0.2) is 53.6 Å². The van der Waals surface area contributed by atoms with Gasteiger partial charge in [0.25, 0.3) is 5.91 Å². The van der Waals surface area contributed by atoms with Crippen molar-refractivity contribution in [2.45, 2.75) is 20.3 Å². The molecule has 0 spiro atoms. The minimum Gasteiger partial charge on any atom is -0.497 e. The predicted molar refractivity (Wildman–Crippen MR) is 103 cm³/mol. The van der Waals surface area contributed by atoms with Crippen LogP contribution in [0, 0.1) is 5.92 Å². The van der Waals surface area contributed by atoms with E-state index in [9.17, 15) is 9.59 Å². The fraction of sp³-hybridized carbons (Fsp3) is 0.250. The van der Waals surface area contributed by atoms with Crippen molar-refractivity contribution < 1.29 is 14.3 Å². The van der Waals surface area contributed by atoms with Crippen molar-refractivity contribution in [3.63, 3.8) is 0 Å². The zero-order chi connectivity index (χ0) is 18.9. The second kappa shape index (κ2) is 9.36. The molecule has 2 aromatic rings. The molecule has 136 valence electrons. The molecular weight excluding hydrogens is 330 g/mol. The fourth-order valence-electron chi connectivity index (χ4n) is 2.21. The molecule has 0 fully saturated rings. The number of rotatable bonds is 7. The van der Waals surface area contributed by atoms with Crippen molar-refractivity contribution in [3.8, 4) is 5.75 Å². The summed E-state index contributed by atoms with van der Waals surface area (Å²) in [7, 11) is 1.60. The van der Waals surface area contributed by atoms with E-state index >= 15 is 0 Å². The first-order chi connectivity index (χ1) is 12.5. The largest absolute Gasteiger partial charge is 0.497 e. The maximum atomic E-state index is 12.1. The van der Waals surface area contributed by atoms with Gasteiger partial charge in [0.05, 0.1) is 13.3 Å². The highest BCUT2D eigenvalue weighted by Crippen LogP contribution is 2.12. The molecule has 6 heteroatoms. The molecule has 2 amide bonds. The molecule has 0 saturated heterocycles. The summed E-state index contributed by atoms with van der Waals surface area (Å²) in [6.07, 6.45) is 2.01. The topological polar surface area (TPSA) is 79.8 Å². The Kier molecular flexibility index (Phi) is 6.91. The van der Waals surface area contributed by atoms with E-state index in [0.29, 0.717) is 23.6 Å². The van der Waals surface area contributed by atoms with Gasteiger partial charge in [-0.25, -0.2) is 5.43 Å². The number of carbonyl (C=O) groups excluding carboxylic acids is 2. The van der Waals surface area contributed by atoms with Gasteiger partial charge in [-0.05, 0) is 60.0 Å². The highest BCUT2D eigenvalue weighted by molar-refractivity contribution is 5.96. The summed E-state index contributed by atoms with van der Waals surface area (Å²) < 4.78 is 5.08. The Balaban J connectivity index is 1.88. The third-order valence-electron chi connectivity index (χ3n) is 3.52. The average molecular weight is 353 g/mol. The monoisotopic (exact) mass is 353 g/mol. The van der Waals surface area contributed by atoms with E-state index in [-0.39, 0.29) is 11.8 Å². The number of hydrazone groups is 1. The molecule has 2 aromatic carbocycles. The lowest BCUT2D eigenvalue weighted by Crippen LogP contribution is -2.18. The van der Waals surface area contributed by atoms with Crippen molar-refractivity contribution in [3.05, 3.63) is 59.7 Å². The molecule has 6 nitrogen and oxygen atoms in total. The van der Waals surface area contributed by atoms with Crippen molar-refractivity contribution in [2.75, 3.05) is 12.4 Å². The predicted octanol–water partition coefficient (Wildman–Crippen LogP) is 3.44. The number of benzene rings is 2. The number of hydrogen-bond acceptors (Lipinski definition) is 4. The van der Waals surface area contributed by atoms with Gasteiger partial charge in [0.15, 0.2) is 0 Å². The van der Waals surface area contributed by atoms with Gasteiger partial charge in [0, 0.05) is 17.7 Å². The Hall–Kier alpha value is -3.15. The molecule has 0 aliphatic carbocycles. The zero-order valence-electron chi connectivity index (χ0n) is 15.2. The van der Waals surface area contributed by atoms with Gasteiger partial charge in [-0.1, -0.05) is 13.8 Å². The number of anilines is 1. The normalized spacial score (nSPS) is 10.8. The standard InChI is InChI=1S/C20H23N3O3/c1-14(2)12-19(24)22-17-8-6-16(7-9-17)20(25)23-21-13-15-4-10-18(26-3)11-5-15/h4-11,13-14H,12H2,1-3H3,(H,22,24)(H,23,25)/b21-13+. The Morgan fingerprint density at radius 1 is 1.08 bits per heavy atom.